The number of hydrogen-bond donors (Lipinski definition) is 1. The van der Waals surface area contributed by atoms with E-state index in [9.17, 15) is 0 Å². The molecule has 78 valence electrons. The van der Waals surface area contributed by atoms with Crippen LogP contribution in [-0.4, -0.2) is 26.9 Å². The van der Waals surface area contributed by atoms with Crippen molar-refractivity contribution in [2.75, 3.05) is 12.8 Å². The van der Waals surface area contributed by atoms with Crippen molar-refractivity contribution in [3.8, 4) is 11.7 Å². The highest BCUT2D eigenvalue weighted by Gasteiger charge is 2.06. The van der Waals surface area contributed by atoms with Crippen LogP contribution in [0.1, 0.15) is 0 Å². The monoisotopic (exact) mass is 269 g/mol. The first-order valence-electron chi connectivity index (χ1n) is 4.08. The minimum Gasteiger partial charge on any atom is -0.481 e. The number of anilines is 1. The molecule has 2 rings (SSSR count). The van der Waals surface area contributed by atoms with E-state index in [4.69, 9.17) is 10.5 Å². The van der Waals surface area contributed by atoms with Gasteiger partial charge in [-0.15, -0.1) is 5.10 Å². The molecule has 2 aromatic heterocycles. The molecule has 0 radical (unpaired) electrons. The van der Waals surface area contributed by atoms with Crippen LogP contribution >= 0.6 is 15.9 Å². The Hall–Kier alpha value is -1.63. The lowest BCUT2D eigenvalue weighted by atomic mass is 10.5. The number of ether oxygens (including phenoxy) is 1. The lowest BCUT2D eigenvalue weighted by Crippen LogP contribution is -2.00. The molecule has 0 saturated carbocycles. The molecule has 0 aliphatic rings. The maximum atomic E-state index is 5.60. The third-order valence-corrected chi connectivity index (χ3v) is 2.38. The van der Waals surface area contributed by atoms with Crippen molar-refractivity contribution in [1.82, 2.24) is 19.7 Å². The first-order chi connectivity index (χ1) is 7.20. The molecule has 0 unspecified atom stereocenters. The molecule has 2 aromatic rings. The number of methoxy groups -OCH3 is 1. The highest BCUT2D eigenvalue weighted by molar-refractivity contribution is 9.10. The van der Waals surface area contributed by atoms with Crippen molar-refractivity contribution in [1.29, 1.82) is 0 Å². The van der Waals surface area contributed by atoms with Crippen LogP contribution in [0.4, 0.5) is 5.82 Å². The maximum Gasteiger partial charge on any atom is 0.218 e. The Morgan fingerprint density at radius 2 is 2.27 bits per heavy atom. The van der Waals surface area contributed by atoms with E-state index in [1.807, 2.05) is 0 Å². The van der Waals surface area contributed by atoms with Gasteiger partial charge in [0.2, 0.25) is 5.88 Å². The fourth-order valence-corrected chi connectivity index (χ4v) is 1.32. The molecule has 6 nitrogen and oxygen atoms in total. The molecule has 0 aromatic carbocycles. The van der Waals surface area contributed by atoms with E-state index in [2.05, 4.69) is 31.0 Å². The summed E-state index contributed by atoms with van der Waals surface area (Å²) in [5.74, 6) is 1.48. The smallest absolute Gasteiger partial charge is 0.218 e. The zero-order chi connectivity index (χ0) is 10.8. The normalized spacial score (nSPS) is 10.3. The summed E-state index contributed by atoms with van der Waals surface area (Å²) in [5.41, 5.74) is 5.60. The van der Waals surface area contributed by atoms with Gasteiger partial charge in [-0.1, -0.05) is 0 Å². The third kappa shape index (κ3) is 1.91. The summed E-state index contributed by atoms with van der Waals surface area (Å²) in [4.78, 5) is 7.94. The van der Waals surface area contributed by atoms with Gasteiger partial charge in [0.05, 0.1) is 11.6 Å². The Kier molecular flexibility index (Phi) is 2.55. The zero-order valence-corrected chi connectivity index (χ0v) is 9.47. The van der Waals surface area contributed by atoms with Gasteiger partial charge >= 0.3 is 0 Å². The van der Waals surface area contributed by atoms with E-state index in [1.165, 1.54) is 6.33 Å². The van der Waals surface area contributed by atoms with Crippen LogP contribution in [0.5, 0.6) is 5.88 Å². The average molecular weight is 270 g/mol. The molecule has 0 aliphatic carbocycles. The fraction of sp³-hybridized carbons (Fsp3) is 0.125. The van der Waals surface area contributed by atoms with Crippen molar-refractivity contribution in [3.05, 3.63) is 23.1 Å². The highest BCUT2D eigenvalue weighted by atomic mass is 79.9. The average Bonchev–Trinajstić information content (AvgIpc) is 2.59. The van der Waals surface area contributed by atoms with Crippen molar-refractivity contribution in [2.24, 2.45) is 0 Å². The minimum atomic E-state index is 0.410. The van der Waals surface area contributed by atoms with E-state index < -0.39 is 0 Å². The molecule has 7 heteroatoms. The third-order valence-electron chi connectivity index (χ3n) is 1.77. The molecule has 0 fully saturated rings. The Morgan fingerprint density at radius 3 is 2.87 bits per heavy atom. The van der Waals surface area contributed by atoms with Gasteiger partial charge in [0, 0.05) is 12.3 Å². The van der Waals surface area contributed by atoms with Gasteiger partial charge in [0.25, 0.3) is 0 Å². The highest BCUT2D eigenvalue weighted by Crippen LogP contribution is 2.19. The number of halogens is 1. The Labute approximate surface area is 94.2 Å². The van der Waals surface area contributed by atoms with Crippen LogP contribution in [0.15, 0.2) is 23.1 Å². The molecular formula is C8H8BrN5O. The molecule has 0 saturated heterocycles. The molecule has 0 amide bonds. The largest absolute Gasteiger partial charge is 0.481 e. The molecule has 2 N–H and O–H groups in total. The number of hydrogen-bond acceptors (Lipinski definition) is 5. The van der Waals surface area contributed by atoms with Crippen LogP contribution in [0.2, 0.25) is 0 Å². The van der Waals surface area contributed by atoms with E-state index in [0.717, 1.165) is 4.47 Å². The second-order valence-electron chi connectivity index (χ2n) is 2.73. The van der Waals surface area contributed by atoms with E-state index in [0.29, 0.717) is 17.5 Å². The fourth-order valence-electron chi connectivity index (χ4n) is 1.05. The molecule has 0 spiro atoms. The second kappa shape index (κ2) is 3.85. The summed E-state index contributed by atoms with van der Waals surface area (Å²) in [5, 5.41) is 4.06. The van der Waals surface area contributed by atoms with Gasteiger partial charge in [0.15, 0.2) is 11.6 Å². The summed E-state index contributed by atoms with van der Waals surface area (Å²) in [6.07, 6.45) is 3.12. The van der Waals surface area contributed by atoms with E-state index >= 15 is 0 Å². The summed E-state index contributed by atoms with van der Waals surface area (Å²) < 4.78 is 7.25. The number of aromatic nitrogens is 4. The van der Waals surface area contributed by atoms with Gasteiger partial charge in [-0.25, -0.2) is 14.6 Å². The first kappa shape index (κ1) is 9.91. The first-order valence-corrected chi connectivity index (χ1v) is 4.87. The van der Waals surface area contributed by atoms with Crippen molar-refractivity contribution in [2.45, 2.75) is 0 Å². The Bertz CT molecular complexity index is 464. The summed E-state index contributed by atoms with van der Waals surface area (Å²) in [6, 6.07) is 1.67. The second-order valence-corrected chi connectivity index (χ2v) is 3.58. The van der Waals surface area contributed by atoms with Crippen molar-refractivity contribution in [3.63, 3.8) is 0 Å². The van der Waals surface area contributed by atoms with Crippen LogP contribution < -0.4 is 10.5 Å². The van der Waals surface area contributed by atoms with Crippen LogP contribution in [-0.2, 0) is 0 Å². The molecule has 0 bridgehead atoms. The molecule has 0 aliphatic heterocycles. The predicted octanol–water partition coefficient (Wildman–Crippen LogP) is 1.02. The SMILES string of the molecule is COc1cc(-n2cc(Br)c(N)n2)ncn1. The molecule has 0 atom stereocenters. The maximum absolute atomic E-state index is 5.60. The summed E-state index contributed by atoms with van der Waals surface area (Å²) in [7, 11) is 1.54. The van der Waals surface area contributed by atoms with Gasteiger partial charge in [-0.3, -0.25) is 0 Å². The zero-order valence-electron chi connectivity index (χ0n) is 7.88. The van der Waals surface area contributed by atoms with Crippen LogP contribution in [0.3, 0.4) is 0 Å². The van der Waals surface area contributed by atoms with Gasteiger partial charge in [-0.2, -0.15) is 0 Å². The van der Waals surface area contributed by atoms with Crippen LogP contribution in [0, 0.1) is 0 Å². The summed E-state index contributed by atoms with van der Waals surface area (Å²) in [6.45, 7) is 0. The number of nitrogens with two attached hydrogens (primary N) is 1. The molecule has 15 heavy (non-hydrogen) atoms. The lowest BCUT2D eigenvalue weighted by Gasteiger charge is -2.01. The molecule has 2 heterocycles. The molecular weight excluding hydrogens is 262 g/mol. The number of rotatable bonds is 2. The topological polar surface area (TPSA) is 78.9 Å². The minimum absolute atomic E-state index is 0.410. The standard InChI is InChI=1S/C8H8BrN5O/c1-15-7-2-6(11-4-12-7)14-3-5(9)8(10)13-14/h2-4H,1H3,(H2,10,13). The van der Waals surface area contributed by atoms with Crippen LogP contribution in [0.25, 0.3) is 5.82 Å². The predicted molar refractivity (Wildman–Crippen MR) is 57.8 cm³/mol. The van der Waals surface area contributed by atoms with Crippen molar-refractivity contribution < 1.29 is 4.74 Å². The lowest BCUT2D eigenvalue weighted by molar-refractivity contribution is 0.396. The van der Waals surface area contributed by atoms with Gasteiger partial charge in [-0.05, 0) is 15.9 Å². The van der Waals surface area contributed by atoms with Crippen molar-refractivity contribution >= 4 is 21.7 Å². The van der Waals surface area contributed by atoms with E-state index in [-0.39, 0.29) is 0 Å². The van der Waals surface area contributed by atoms with Gasteiger partial charge in [0.1, 0.15) is 6.33 Å². The quantitative estimate of drug-likeness (QED) is 0.881. The number of nitrogens with zero attached hydrogens (tertiary/aromatic N) is 4. The van der Waals surface area contributed by atoms with Gasteiger partial charge < -0.3 is 10.5 Å². The summed E-state index contributed by atoms with van der Waals surface area (Å²) >= 11 is 3.27. The Balaban J connectivity index is 2.44. The number of nitrogen functional groups attached to an aromatic ring is 1. The Morgan fingerprint density at radius 1 is 1.47 bits per heavy atom. The van der Waals surface area contributed by atoms with E-state index in [1.54, 1.807) is 24.1 Å².